The van der Waals surface area contributed by atoms with Gasteiger partial charge in [0.25, 0.3) is 0 Å². The third-order valence-electron chi connectivity index (χ3n) is 3.96. The molecule has 5 nitrogen and oxygen atoms in total. The van der Waals surface area contributed by atoms with Crippen molar-refractivity contribution in [3.05, 3.63) is 23.8 Å². The van der Waals surface area contributed by atoms with E-state index in [0.29, 0.717) is 0 Å². The minimum Gasteiger partial charge on any atom is -0.496 e. The summed E-state index contributed by atoms with van der Waals surface area (Å²) >= 11 is 0. The van der Waals surface area contributed by atoms with E-state index in [1.54, 1.807) is 7.11 Å². The fourth-order valence-electron chi connectivity index (χ4n) is 2.85. The number of piperidine rings is 1. The first-order valence-electron chi connectivity index (χ1n) is 7.01. The van der Waals surface area contributed by atoms with Crippen LogP contribution in [-0.2, 0) is 4.79 Å². The molecule has 1 aromatic rings. The second-order valence-electron chi connectivity index (χ2n) is 5.35. The van der Waals surface area contributed by atoms with Gasteiger partial charge in [0.1, 0.15) is 5.75 Å². The van der Waals surface area contributed by atoms with Crippen molar-refractivity contribution in [1.82, 2.24) is 0 Å². The molecule has 1 saturated heterocycles. The summed E-state index contributed by atoms with van der Waals surface area (Å²) in [5.41, 5.74) is 13.6. The van der Waals surface area contributed by atoms with Gasteiger partial charge in [-0.2, -0.15) is 0 Å². The van der Waals surface area contributed by atoms with Crippen LogP contribution < -0.4 is 21.1 Å². The Labute approximate surface area is 119 Å². The van der Waals surface area contributed by atoms with Crippen molar-refractivity contribution in [2.75, 3.05) is 25.1 Å². The van der Waals surface area contributed by atoms with Crippen LogP contribution in [0.5, 0.6) is 5.75 Å². The number of nitrogens with two attached hydrogens (primary N) is 2. The number of methoxy groups -OCH3 is 1. The Morgan fingerprint density at radius 3 is 2.55 bits per heavy atom. The van der Waals surface area contributed by atoms with Crippen molar-refractivity contribution in [3.8, 4) is 5.75 Å². The Kier molecular flexibility index (Phi) is 4.49. The molecule has 20 heavy (non-hydrogen) atoms. The lowest BCUT2D eigenvalue weighted by atomic mass is 9.94. The fourth-order valence-corrected chi connectivity index (χ4v) is 2.85. The molecular weight excluding hydrogens is 254 g/mol. The molecule has 0 aliphatic carbocycles. The monoisotopic (exact) mass is 277 g/mol. The Morgan fingerprint density at radius 2 is 2.05 bits per heavy atom. The van der Waals surface area contributed by atoms with E-state index < -0.39 is 0 Å². The van der Waals surface area contributed by atoms with E-state index in [1.807, 2.05) is 19.1 Å². The molecule has 0 saturated carbocycles. The highest BCUT2D eigenvalue weighted by Gasteiger charge is 2.25. The largest absolute Gasteiger partial charge is 0.496 e. The number of anilines is 1. The zero-order valence-electron chi connectivity index (χ0n) is 12.1. The molecule has 110 valence electrons. The summed E-state index contributed by atoms with van der Waals surface area (Å²) in [6.07, 6.45) is 1.59. The van der Waals surface area contributed by atoms with Gasteiger partial charge < -0.3 is 21.1 Å². The normalized spacial score (nSPS) is 17.9. The number of nitrogens with zero attached hydrogens (tertiary/aromatic N) is 1. The molecule has 0 radical (unpaired) electrons. The predicted molar refractivity (Wildman–Crippen MR) is 79.7 cm³/mol. The van der Waals surface area contributed by atoms with Crippen LogP contribution in [0.3, 0.4) is 0 Å². The SMILES string of the molecule is COc1cccc(N2CCC(C(N)=O)CC2)c1[C@H](C)N. The number of carbonyl (C=O) groups excluding carboxylic acids is 1. The van der Waals surface area contributed by atoms with Gasteiger partial charge in [-0.25, -0.2) is 0 Å². The molecule has 1 fully saturated rings. The number of primary amides is 1. The first kappa shape index (κ1) is 14.7. The summed E-state index contributed by atoms with van der Waals surface area (Å²) in [5, 5.41) is 0. The maximum atomic E-state index is 11.2. The molecule has 5 heteroatoms. The maximum absolute atomic E-state index is 11.2. The highest BCUT2D eigenvalue weighted by molar-refractivity contribution is 5.77. The van der Waals surface area contributed by atoms with Gasteiger partial charge in [-0.3, -0.25) is 4.79 Å². The average Bonchev–Trinajstić information content (AvgIpc) is 2.46. The summed E-state index contributed by atoms with van der Waals surface area (Å²) in [7, 11) is 1.66. The van der Waals surface area contributed by atoms with Crippen LogP contribution in [0.25, 0.3) is 0 Å². The zero-order valence-corrected chi connectivity index (χ0v) is 12.1. The summed E-state index contributed by atoms with van der Waals surface area (Å²) in [4.78, 5) is 13.5. The van der Waals surface area contributed by atoms with E-state index in [0.717, 1.165) is 42.9 Å². The van der Waals surface area contributed by atoms with E-state index in [-0.39, 0.29) is 17.9 Å². The molecule has 4 N–H and O–H groups in total. The Morgan fingerprint density at radius 1 is 1.40 bits per heavy atom. The second kappa shape index (κ2) is 6.13. The Hall–Kier alpha value is -1.75. The van der Waals surface area contributed by atoms with Crippen LogP contribution in [0.15, 0.2) is 18.2 Å². The van der Waals surface area contributed by atoms with Crippen LogP contribution in [0.4, 0.5) is 5.69 Å². The van der Waals surface area contributed by atoms with Crippen LogP contribution in [0.2, 0.25) is 0 Å². The molecule has 0 aromatic heterocycles. The lowest BCUT2D eigenvalue weighted by Gasteiger charge is -2.34. The molecule has 1 atom stereocenters. The van der Waals surface area contributed by atoms with E-state index in [4.69, 9.17) is 16.2 Å². The molecule has 1 amide bonds. The van der Waals surface area contributed by atoms with Gasteiger partial charge in [0.05, 0.1) is 7.11 Å². The predicted octanol–water partition coefficient (Wildman–Crippen LogP) is 1.42. The minimum absolute atomic E-state index is 0.00407. The van der Waals surface area contributed by atoms with Crippen LogP contribution >= 0.6 is 0 Å². The number of amides is 1. The van der Waals surface area contributed by atoms with E-state index in [2.05, 4.69) is 11.0 Å². The number of hydrogen-bond donors (Lipinski definition) is 2. The summed E-state index contributed by atoms with van der Waals surface area (Å²) in [5.74, 6) is 0.618. The van der Waals surface area contributed by atoms with Gasteiger partial charge >= 0.3 is 0 Å². The van der Waals surface area contributed by atoms with Crippen molar-refractivity contribution < 1.29 is 9.53 Å². The van der Waals surface area contributed by atoms with Crippen molar-refractivity contribution in [2.45, 2.75) is 25.8 Å². The van der Waals surface area contributed by atoms with Crippen LogP contribution in [0, 0.1) is 5.92 Å². The van der Waals surface area contributed by atoms with Gasteiger partial charge in [-0.1, -0.05) is 6.07 Å². The van der Waals surface area contributed by atoms with E-state index >= 15 is 0 Å². The Bertz CT molecular complexity index is 480. The summed E-state index contributed by atoms with van der Waals surface area (Å²) in [6, 6.07) is 5.86. The number of ether oxygens (including phenoxy) is 1. The van der Waals surface area contributed by atoms with Crippen molar-refractivity contribution in [3.63, 3.8) is 0 Å². The molecule has 1 aromatic carbocycles. The lowest BCUT2D eigenvalue weighted by molar-refractivity contribution is -0.122. The minimum atomic E-state index is -0.192. The molecule has 2 rings (SSSR count). The highest BCUT2D eigenvalue weighted by atomic mass is 16.5. The zero-order chi connectivity index (χ0) is 14.7. The number of rotatable bonds is 4. The van der Waals surface area contributed by atoms with Gasteiger partial charge in [0.2, 0.25) is 5.91 Å². The topological polar surface area (TPSA) is 81.6 Å². The van der Waals surface area contributed by atoms with Gasteiger partial charge in [-0.15, -0.1) is 0 Å². The third kappa shape index (κ3) is 2.88. The third-order valence-corrected chi connectivity index (χ3v) is 3.96. The first-order valence-corrected chi connectivity index (χ1v) is 7.01. The highest BCUT2D eigenvalue weighted by Crippen LogP contribution is 2.35. The number of benzene rings is 1. The van der Waals surface area contributed by atoms with Crippen molar-refractivity contribution in [1.29, 1.82) is 0 Å². The van der Waals surface area contributed by atoms with Crippen LogP contribution in [-0.4, -0.2) is 26.1 Å². The molecule has 0 spiro atoms. The summed E-state index contributed by atoms with van der Waals surface area (Å²) < 4.78 is 5.42. The second-order valence-corrected chi connectivity index (χ2v) is 5.35. The standard InChI is InChI=1S/C15H23N3O2/c1-10(16)14-12(4-3-5-13(14)20-2)18-8-6-11(7-9-18)15(17)19/h3-5,10-11H,6-9,16H2,1-2H3,(H2,17,19)/t10-/m0/s1. The van der Waals surface area contributed by atoms with E-state index in [9.17, 15) is 4.79 Å². The van der Waals surface area contributed by atoms with Crippen molar-refractivity contribution >= 4 is 11.6 Å². The fraction of sp³-hybridized carbons (Fsp3) is 0.533. The quantitative estimate of drug-likeness (QED) is 0.872. The molecular formula is C15H23N3O2. The average molecular weight is 277 g/mol. The van der Waals surface area contributed by atoms with Gasteiger partial charge in [0.15, 0.2) is 0 Å². The molecule has 1 aliphatic heterocycles. The van der Waals surface area contributed by atoms with Gasteiger partial charge in [-0.05, 0) is 31.9 Å². The van der Waals surface area contributed by atoms with E-state index in [1.165, 1.54) is 0 Å². The lowest BCUT2D eigenvalue weighted by Crippen LogP contribution is -2.39. The molecule has 1 aliphatic rings. The first-order chi connectivity index (χ1) is 9.54. The molecule has 1 heterocycles. The van der Waals surface area contributed by atoms with Crippen LogP contribution in [0.1, 0.15) is 31.4 Å². The Balaban J connectivity index is 2.23. The summed E-state index contributed by atoms with van der Waals surface area (Å²) in [6.45, 7) is 3.60. The smallest absolute Gasteiger partial charge is 0.220 e. The van der Waals surface area contributed by atoms with Crippen molar-refractivity contribution in [2.24, 2.45) is 17.4 Å². The number of hydrogen-bond acceptors (Lipinski definition) is 4. The number of carbonyl (C=O) groups is 1. The van der Waals surface area contributed by atoms with Gasteiger partial charge in [0, 0.05) is 36.3 Å². The maximum Gasteiger partial charge on any atom is 0.220 e. The molecule has 0 bridgehead atoms. The molecule has 0 unspecified atom stereocenters.